The summed E-state index contributed by atoms with van der Waals surface area (Å²) in [4.78, 5) is 20.9. The summed E-state index contributed by atoms with van der Waals surface area (Å²) in [5.74, 6) is 0.798. The third-order valence-corrected chi connectivity index (χ3v) is 4.05. The van der Waals surface area contributed by atoms with Crippen LogP contribution in [0, 0.1) is 12.7 Å². The van der Waals surface area contributed by atoms with Gasteiger partial charge in [-0.1, -0.05) is 24.3 Å². The third-order valence-electron chi connectivity index (χ3n) is 4.05. The number of anilines is 2. The van der Waals surface area contributed by atoms with Gasteiger partial charge in [-0.3, -0.25) is 4.79 Å². The average Bonchev–Trinajstić information content (AvgIpc) is 2.69. The minimum atomic E-state index is -0.502. The summed E-state index contributed by atoms with van der Waals surface area (Å²) in [6.07, 6.45) is 0.761. The van der Waals surface area contributed by atoms with Crippen molar-refractivity contribution in [1.82, 2.24) is 9.97 Å². The molecule has 1 heterocycles. The largest absolute Gasteiger partial charge is 0.497 e. The maximum absolute atomic E-state index is 13.7. The van der Waals surface area contributed by atoms with Gasteiger partial charge in [0.15, 0.2) is 0 Å². The van der Waals surface area contributed by atoms with Gasteiger partial charge in [0.05, 0.1) is 12.8 Å². The third kappa shape index (κ3) is 5.03. The molecule has 0 aliphatic rings. The Kier molecular flexibility index (Phi) is 6.16. The number of nitrogens with zero attached hydrogens (tertiary/aromatic N) is 2. The zero-order chi connectivity index (χ0) is 19.9. The molecule has 2 N–H and O–H groups in total. The topological polar surface area (TPSA) is 76.1 Å². The molecule has 0 saturated heterocycles. The summed E-state index contributed by atoms with van der Waals surface area (Å²) in [5.41, 5.74) is 1.39. The highest BCUT2D eigenvalue weighted by atomic mass is 19.1. The number of halogens is 1. The van der Waals surface area contributed by atoms with Gasteiger partial charge in [-0.05, 0) is 43.2 Å². The maximum atomic E-state index is 13.7. The summed E-state index contributed by atoms with van der Waals surface area (Å²) in [7, 11) is 1.63. The van der Waals surface area contributed by atoms with Gasteiger partial charge in [0.1, 0.15) is 28.9 Å². The highest BCUT2D eigenvalue weighted by Crippen LogP contribution is 2.16. The fourth-order valence-corrected chi connectivity index (χ4v) is 2.69. The Morgan fingerprint density at radius 1 is 1.11 bits per heavy atom. The smallest absolute Gasteiger partial charge is 0.274 e. The molecule has 0 spiro atoms. The second kappa shape index (κ2) is 8.94. The number of benzene rings is 2. The van der Waals surface area contributed by atoms with E-state index >= 15 is 0 Å². The summed E-state index contributed by atoms with van der Waals surface area (Å²) in [5, 5.41) is 5.73. The van der Waals surface area contributed by atoms with Gasteiger partial charge in [0.25, 0.3) is 5.91 Å². The average molecular weight is 380 g/mol. The van der Waals surface area contributed by atoms with Crippen molar-refractivity contribution in [2.24, 2.45) is 0 Å². The van der Waals surface area contributed by atoms with Crippen LogP contribution < -0.4 is 15.4 Å². The normalized spacial score (nSPS) is 10.4. The lowest BCUT2D eigenvalue weighted by Crippen LogP contribution is -2.17. The molecule has 0 radical (unpaired) electrons. The van der Waals surface area contributed by atoms with Crippen molar-refractivity contribution >= 4 is 17.4 Å². The molecule has 0 aliphatic carbocycles. The number of methoxy groups -OCH3 is 1. The quantitative estimate of drug-likeness (QED) is 0.651. The first kappa shape index (κ1) is 19.3. The first-order valence-corrected chi connectivity index (χ1v) is 8.83. The van der Waals surface area contributed by atoms with Crippen molar-refractivity contribution in [2.75, 3.05) is 24.3 Å². The van der Waals surface area contributed by atoms with Crippen molar-refractivity contribution in [3.8, 4) is 5.75 Å². The van der Waals surface area contributed by atoms with Gasteiger partial charge < -0.3 is 15.4 Å². The Hall–Kier alpha value is -3.48. The van der Waals surface area contributed by atoms with Crippen LogP contribution in [-0.2, 0) is 6.42 Å². The zero-order valence-electron chi connectivity index (χ0n) is 15.7. The number of aryl methyl sites for hydroxylation is 1. The number of carbonyl (C=O) groups is 1. The second-order valence-electron chi connectivity index (χ2n) is 6.15. The van der Waals surface area contributed by atoms with E-state index in [0.29, 0.717) is 18.2 Å². The van der Waals surface area contributed by atoms with Crippen LogP contribution in [0.3, 0.4) is 0 Å². The summed E-state index contributed by atoms with van der Waals surface area (Å²) < 4.78 is 19.0. The molecule has 2 aromatic carbocycles. The van der Waals surface area contributed by atoms with Crippen LogP contribution in [-0.4, -0.2) is 29.5 Å². The van der Waals surface area contributed by atoms with E-state index in [9.17, 15) is 9.18 Å². The Labute approximate surface area is 162 Å². The van der Waals surface area contributed by atoms with Crippen LogP contribution in [0.2, 0.25) is 0 Å². The van der Waals surface area contributed by atoms with E-state index in [4.69, 9.17) is 4.74 Å². The number of ether oxygens (including phenoxy) is 1. The Bertz CT molecular complexity index is 978. The van der Waals surface area contributed by atoms with E-state index in [1.165, 1.54) is 12.1 Å². The number of rotatable bonds is 7. The molecule has 144 valence electrons. The van der Waals surface area contributed by atoms with E-state index in [1.54, 1.807) is 32.2 Å². The number of aromatic nitrogens is 2. The predicted octanol–water partition coefficient (Wildman–Crippen LogP) is 3.84. The molecular formula is C21H21FN4O2. The highest BCUT2D eigenvalue weighted by Gasteiger charge is 2.12. The standard InChI is InChI=1S/C21H21FN4O2/c1-14-24-19(21(27)26-18-9-4-3-8-17(18)22)13-20(25-14)23-11-10-15-6-5-7-16(12-15)28-2/h3-9,12-13H,10-11H2,1-2H3,(H,26,27)(H,23,24,25). The van der Waals surface area contributed by atoms with E-state index in [1.807, 2.05) is 24.3 Å². The first-order chi connectivity index (χ1) is 13.5. The van der Waals surface area contributed by atoms with Crippen molar-refractivity contribution in [3.05, 3.63) is 77.5 Å². The molecule has 28 heavy (non-hydrogen) atoms. The van der Waals surface area contributed by atoms with Crippen molar-refractivity contribution in [3.63, 3.8) is 0 Å². The summed E-state index contributed by atoms with van der Waals surface area (Å²) >= 11 is 0. The summed E-state index contributed by atoms with van der Waals surface area (Å²) in [6.45, 7) is 2.32. The molecule has 6 nitrogen and oxygen atoms in total. The minimum Gasteiger partial charge on any atom is -0.497 e. The SMILES string of the molecule is COc1cccc(CCNc2cc(C(=O)Nc3ccccc3F)nc(C)n2)c1. The van der Waals surface area contributed by atoms with Crippen LogP contribution >= 0.6 is 0 Å². The lowest BCUT2D eigenvalue weighted by atomic mass is 10.1. The number of carbonyl (C=O) groups excluding carboxylic acids is 1. The first-order valence-electron chi connectivity index (χ1n) is 8.83. The second-order valence-corrected chi connectivity index (χ2v) is 6.15. The number of amides is 1. The number of hydrogen-bond acceptors (Lipinski definition) is 5. The number of hydrogen-bond donors (Lipinski definition) is 2. The fourth-order valence-electron chi connectivity index (χ4n) is 2.69. The van der Waals surface area contributed by atoms with Crippen LogP contribution in [0.25, 0.3) is 0 Å². The molecule has 3 aromatic rings. The van der Waals surface area contributed by atoms with E-state index in [2.05, 4.69) is 20.6 Å². The van der Waals surface area contributed by atoms with Crippen molar-refractivity contribution in [1.29, 1.82) is 0 Å². The molecule has 0 atom stereocenters. The number of nitrogens with one attached hydrogen (secondary N) is 2. The van der Waals surface area contributed by atoms with Gasteiger partial charge >= 0.3 is 0 Å². The van der Waals surface area contributed by atoms with Crippen molar-refractivity contribution in [2.45, 2.75) is 13.3 Å². The lowest BCUT2D eigenvalue weighted by molar-refractivity contribution is 0.102. The monoisotopic (exact) mass is 380 g/mol. The maximum Gasteiger partial charge on any atom is 0.274 e. The predicted molar refractivity (Wildman–Crippen MR) is 106 cm³/mol. The molecular weight excluding hydrogens is 359 g/mol. The molecule has 0 fully saturated rings. The van der Waals surface area contributed by atoms with Gasteiger partial charge in [0.2, 0.25) is 0 Å². The van der Waals surface area contributed by atoms with Crippen LogP contribution in [0.5, 0.6) is 5.75 Å². The van der Waals surface area contributed by atoms with E-state index in [0.717, 1.165) is 17.7 Å². The molecule has 0 aliphatic heterocycles. The lowest BCUT2D eigenvalue weighted by Gasteiger charge is -2.10. The van der Waals surface area contributed by atoms with E-state index in [-0.39, 0.29) is 11.4 Å². The Balaban J connectivity index is 1.65. The molecule has 0 bridgehead atoms. The van der Waals surface area contributed by atoms with Gasteiger partial charge in [0, 0.05) is 12.6 Å². The zero-order valence-corrected chi connectivity index (χ0v) is 15.7. The fraction of sp³-hybridized carbons (Fsp3) is 0.190. The molecule has 3 rings (SSSR count). The van der Waals surface area contributed by atoms with Gasteiger partial charge in [-0.2, -0.15) is 0 Å². The van der Waals surface area contributed by atoms with Crippen LogP contribution in [0.15, 0.2) is 54.6 Å². The molecule has 1 amide bonds. The molecule has 7 heteroatoms. The Morgan fingerprint density at radius 2 is 1.93 bits per heavy atom. The van der Waals surface area contributed by atoms with Crippen molar-refractivity contribution < 1.29 is 13.9 Å². The van der Waals surface area contributed by atoms with Gasteiger partial charge in [-0.25, -0.2) is 14.4 Å². The summed E-state index contributed by atoms with van der Waals surface area (Å²) in [6, 6.07) is 15.4. The highest BCUT2D eigenvalue weighted by molar-refractivity contribution is 6.03. The number of para-hydroxylation sites is 1. The van der Waals surface area contributed by atoms with Gasteiger partial charge in [-0.15, -0.1) is 0 Å². The molecule has 0 saturated carbocycles. The van der Waals surface area contributed by atoms with Crippen LogP contribution in [0.1, 0.15) is 21.9 Å². The van der Waals surface area contributed by atoms with Crippen LogP contribution in [0.4, 0.5) is 15.9 Å². The molecule has 1 aromatic heterocycles. The van der Waals surface area contributed by atoms with E-state index < -0.39 is 11.7 Å². The molecule has 0 unspecified atom stereocenters. The minimum absolute atomic E-state index is 0.108. The Morgan fingerprint density at radius 3 is 2.71 bits per heavy atom.